The van der Waals surface area contributed by atoms with Gasteiger partial charge >= 0.3 is 48.9 Å². The van der Waals surface area contributed by atoms with Gasteiger partial charge in [0.1, 0.15) is 0 Å². The molecule has 0 fully saturated rings. The fraction of sp³-hybridized carbons (Fsp3) is 0.977. The number of aliphatic carboxylic acids is 2. The minimum atomic E-state index is -3.87. The van der Waals surface area contributed by atoms with Crippen LogP contribution in [-0.2, 0) is 49.7 Å². The zero-order valence-corrected chi connectivity index (χ0v) is 78.3. The van der Waals surface area contributed by atoms with E-state index in [-0.39, 0.29) is 71.9 Å². The monoisotopic (exact) mass is 1720 g/mol. The van der Waals surface area contributed by atoms with Gasteiger partial charge in [0, 0.05) is 13.1 Å². The summed E-state index contributed by atoms with van der Waals surface area (Å²) >= 11 is 0. The van der Waals surface area contributed by atoms with Crippen molar-refractivity contribution in [3.8, 4) is 0 Å². The first-order valence-corrected chi connectivity index (χ1v) is 52.2. The van der Waals surface area contributed by atoms with Crippen molar-refractivity contribution in [2.75, 3.05) is 36.1 Å². The maximum Gasteiger partial charge on any atom is 2.00 e. The molecule has 0 rings (SSSR count). The Labute approximate surface area is 704 Å². The Bertz CT molecular complexity index is 2180. The summed E-state index contributed by atoms with van der Waals surface area (Å²) in [5, 5.41) is 23.2. The standard InChI is InChI=1S/2C43H88N2O6S2.Ba/c2*1-3-5-7-9-11-13-15-17-19-21-23-25-27-29-31-33-35-37-39-52(48,49)44-41-42(43(46)47)45-53(50,51)40-38-36-34-32-30-28-26-24-22-20-18-16-14-12-10-8-6-4-2;/h2*42,44-45H,3-41H2,1-2H3,(H,46,47);/q;;+2/p-2. The molecule has 0 aromatic carbocycles. The van der Waals surface area contributed by atoms with Crippen molar-refractivity contribution < 1.29 is 53.5 Å². The van der Waals surface area contributed by atoms with Crippen molar-refractivity contribution in [2.24, 2.45) is 0 Å². The zero-order valence-electron chi connectivity index (χ0n) is 70.5. The minimum Gasteiger partial charge on any atom is -0.548 e. The SMILES string of the molecule is CCCCCCCCCCCCCCCCCCCCS(=O)(=O)NCC(NS(=O)(=O)CCCCCCCCCCCCCCCCCCCC)C(=O)[O-].CCCCCCCCCCCCCCCCCCCCS(=O)(=O)NCC(NS(=O)(=O)CCCCCCCCCCCCCCCCCCCC)C(=O)[O-].[Ba+2]. The molecule has 107 heavy (non-hydrogen) atoms. The van der Waals surface area contributed by atoms with Crippen molar-refractivity contribution >= 4 is 101 Å². The van der Waals surface area contributed by atoms with Gasteiger partial charge in [0.05, 0.1) is 47.0 Å². The number of unbranched alkanes of at least 4 members (excludes halogenated alkanes) is 68. The fourth-order valence-corrected chi connectivity index (χ4v) is 19.2. The van der Waals surface area contributed by atoms with Gasteiger partial charge in [-0.15, -0.1) is 0 Å². The first-order valence-electron chi connectivity index (χ1n) is 45.6. The maximum atomic E-state index is 12.5. The summed E-state index contributed by atoms with van der Waals surface area (Å²) in [6.07, 6.45) is 87.9. The predicted molar refractivity (Wildman–Crippen MR) is 456 cm³/mol. The van der Waals surface area contributed by atoms with Crippen molar-refractivity contribution in [3.63, 3.8) is 0 Å². The first kappa shape index (κ1) is 111. The van der Waals surface area contributed by atoms with E-state index in [2.05, 4.69) is 46.6 Å². The molecular weight excluding hydrogens is 1550 g/mol. The van der Waals surface area contributed by atoms with Crippen LogP contribution < -0.4 is 29.1 Å². The maximum absolute atomic E-state index is 12.5. The molecule has 0 aromatic rings. The summed E-state index contributed by atoms with van der Waals surface area (Å²) in [7, 11) is -15.2. The van der Waals surface area contributed by atoms with Crippen LogP contribution in [-0.4, -0.2) is 143 Å². The van der Waals surface area contributed by atoms with Gasteiger partial charge in [0.2, 0.25) is 40.1 Å². The summed E-state index contributed by atoms with van der Waals surface area (Å²) in [6.45, 7) is 7.94. The summed E-state index contributed by atoms with van der Waals surface area (Å²) in [6, 6.07) is -3.27. The molecule has 0 saturated carbocycles. The third-order valence-corrected chi connectivity index (χ3v) is 27.1. The summed E-state index contributed by atoms with van der Waals surface area (Å²) in [5.74, 6) is -3.83. The van der Waals surface area contributed by atoms with Crippen LogP contribution in [0.4, 0.5) is 0 Å². The zero-order chi connectivity index (χ0) is 78.3. The van der Waals surface area contributed by atoms with Gasteiger partial charge in [-0.3, -0.25) is 0 Å². The predicted octanol–water partition coefficient (Wildman–Crippen LogP) is 21.7. The molecule has 0 aliphatic heterocycles. The van der Waals surface area contributed by atoms with Gasteiger partial charge < -0.3 is 19.8 Å². The van der Waals surface area contributed by atoms with Crippen molar-refractivity contribution in [1.82, 2.24) is 18.9 Å². The number of carbonyl (C=O) groups is 2. The average Bonchev–Trinajstić information content (AvgIpc) is 0.884. The van der Waals surface area contributed by atoms with Crippen molar-refractivity contribution in [2.45, 2.75) is 502 Å². The number of carbonyl (C=O) groups excluding carboxylic acids is 2. The van der Waals surface area contributed by atoms with Gasteiger partial charge in [-0.25, -0.2) is 52.6 Å². The van der Waals surface area contributed by atoms with Crippen molar-refractivity contribution in [1.29, 1.82) is 0 Å². The van der Waals surface area contributed by atoms with E-state index in [9.17, 15) is 53.5 Å². The van der Waals surface area contributed by atoms with Crippen LogP contribution in [0.5, 0.6) is 0 Å². The molecule has 0 saturated heterocycles. The van der Waals surface area contributed by atoms with Gasteiger partial charge in [0.15, 0.2) is 0 Å². The molecule has 0 radical (unpaired) electrons. The van der Waals surface area contributed by atoms with E-state index in [1.165, 1.54) is 347 Å². The molecular formula is C86H174BaN4O12S4. The van der Waals surface area contributed by atoms with Gasteiger partial charge in [-0.05, 0) is 25.7 Å². The summed E-state index contributed by atoms with van der Waals surface area (Å²) in [4.78, 5) is 23.2. The second-order valence-electron chi connectivity index (χ2n) is 32.0. The Balaban J connectivity index is -0.00000200. The number of carboxylic acids is 2. The van der Waals surface area contributed by atoms with Crippen LogP contribution in [0, 0.1) is 0 Å². The van der Waals surface area contributed by atoms with Crippen LogP contribution >= 0.6 is 0 Å². The molecule has 636 valence electrons. The van der Waals surface area contributed by atoms with Crippen LogP contribution in [0.15, 0.2) is 0 Å². The molecule has 21 heteroatoms. The van der Waals surface area contributed by atoms with E-state index in [0.29, 0.717) is 25.7 Å². The number of carboxylic acid groups (broad SMARTS) is 2. The topological polar surface area (TPSA) is 265 Å². The Hall–Kier alpha value is 0.151. The van der Waals surface area contributed by atoms with Crippen LogP contribution in [0.2, 0.25) is 0 Å². The molecule has 0 aromatic heterocycles. The van der Waals surface area contributed by atoms with E-state index in [0.717, 1.165) is 89.9 Å². The Morgan fingerprint density at radius 3 is 0.439 bits per heavy atom. The number of hydrogen-bond donors (Lipinski definition) is 4. The Kier molecular flexibility index (Phi) is 87.5. The molecule has 0 aliphatic rings. The molecule has 0 amide bonds. The van der Waals surface area contributed by atoms with Gasteiger partial charge in [-0.1, -0.05) is 464 Å². The van der Waals surface area contributed by atoms with E-state index < -0.39 is 77.2 Å². The second-order valence-corrected chi connectivity index (χ2v) is 39.6. The molecule has 16 nitrogen and oxygen atoms in total. The number of rotatable bonds is 88. The molecule has 2 atom stereocenters. The molecule has 2 unspecified atom stereocenters. The fourth-order valence-electron chi connectivity index (χ4n) is 14.2. The molecule has 0 spiro atoms. The normalized spacial score (nSPS) is 12.7. The first-order chi connectivity index (χ1) is 51.3. The largest absolute Gasteiger partial charge is 2.00 e. The van der Waals surface area contributed by atoms with Crippen molar-refractivity contribution in [3.05, 3.63) is 0 Å². The summed E-state index contributed by atoms with van der Waals surface area (Å²) in [5.41, 5.74) is 0. The quantitative estimate of drug-likeness (QED) is 0.0327. The molecule has 0 bridgehead atoms. The van der Waals surface area contributed by atoms with E-state index in [1.54, 1.807) is 0 Å². The smallest absolute Gasteiger partial charge is 0.548 e. The Morgan fingerprint density at radius 2 is 0.318 bits per heavy atom. The molecule has 4 N–H and O–H groups in total. The van der Waals surface area contributed by atoms with Crippen LogP contribution in [0.25, 0.3) is 0 Å². The van der Waals surface area contributed by atoms with E-state index in [1.807, 2.05) is 0 Å². The number of sulfonamides is 4. The second kappa shape index (κ2) is 84.1. The Morgan fingerprint density at radius 1 is 0.206 bits per heavy atom. The molecule has 0 aliphatic carbocycles. The number of hydrogen-bond acceptors (Lipinski definition) is 12. The van der Waals surface area contributed by atoms with E-state index in [4.69, 9.17) is 0 Å². The third-order valence-electron chi connectivity index (χ3n) is 21.3. The summed E-state index contributed by atoms with van der Waals surface area (Å²) < 4.78 is 109. The average molecular weight is 1720 g/mol. The van der Waals surface area contributed by atoms with Gasteiger partial charge in [-0.2, -0.15) is 0 Å². The third kappa shape index (κ3) is 88.4. The van der Waals surface area contributed by atoms with E-state index >= 15 is 0 Å². The molecule has 0 heterocycles. The van der Waals surface area contributed by atoms with Crippen LogP contribution in [0.1, 0.15) is 490 Å². The minimum absolute atomic E-state index is 0. The number of nitrogens with one attached hydrogen (secondary N) is 4. The van der Waals surface area contributed by atoms with Gasteiger partial charge in [0.25, 0.3) is 0 Å². The van der Waals surface area contributed by atoms with Crippen LogP contribution in [0.3, 0.4) is 0 Å².